The summed E-state index contributed by atoms with van der Waals surface area (Å²) in [6, 6.07) is 11.5. The molecule has 2 aromatic heterocycles. The topological polar surface area (TPSA) is 54.2 Å². The number of rotatable bonds is 4. The number of pyridine rings is 1. The Kier molecular flexibility index (Phi) is 6.50. The van der Waals surface area contributed by atoms with Crippen LogP contribution in [-0.4, -0.2) is 37.9 Å². The van der Waals surface area contributed by atoms with Crippen molar-refractivity contribution in [2.45, 2.75) is 31.8 Å². The van der Waals surface area contributed by atoms with Crippen LogP contribution in [0.4, 0.5) is 0 Å². The maximum Gasteiger partial charge on any atom is 0.219 e. The summed E-state index contributed by atoms with van der Waals surface area (Å²) in [5, 5.41) is 16.6. The third-order valence-corrected chi connectivity index (χ3v) is 5.71. The molecule has 2 heterocycles. The number of halogens is 3. The molecule has 0 saturated carbocycles. The quantitative estimate of drug-likeness (QED) is 0.641. The van der Waals surface area contributed by atoms with Crippen molar-refractivity contribution in [2.24, 2.45) is 0 Å². The van der Waals surface area contributed by atoms with Crippen LogP contribution in [0, 0.1) is 0 Å². The molecule has 28 heavy (non-hydrogen) atoms. The summed E-state index contributed by atoms with van der Waals surface area (Å²) in [4.78, 5) is 6.56. The highest BCUT2D eigenvalue weighted by Gasteiger charge is 2.29. The third kappa shape index (κ3) is 4.13. The minimum absolute atomic E-state index is 0. The number of likely N-dealkylation sites (N-methyl/N-ethyl adjacent to an activating group) is 1. The fraction of sp³-hybridized carbons (Fsp3) is 0.300. The number of hydrogen-bond acceptors (Lipinski definition) is 4. The second-order valence-electron chi connectivity index (χ2n) is 6.90. The van der Waals surface area contributed by atoms with Crippen molar-refractivity contribution in [3.05, 3.63) is 69.5 Å². The van der Waals surface area contributed by atoms with E-state index in [0.717, 1.165) is 42.6 Å². The van der Waals surface area contributed by atoms with Gasteiger partial charge in [0.05, 0.1) is 5.69 Å². The predicted molar refractivity (Wildman–Crippen MR) is 114 cm³/mol. The maximum atomic E-state index is 10.7. The van der Waals surface area contributed by atoms with E-state index < -0.39 is 0 Å². The lowest BCUT2D eigenvalue weighted by atomic mass is 9.92. The van der Waals surface area contributed by atoms with Gasteiger partial charge in [0, 0.05) is 34.4 Å². The Morgan fingerprint density at radius 1 is 1.25 bits per heavy atom. The number of nitrogens with zero attached hydrogens (tertiary/aromatic N) is 4. The van der Waals surface area contributed by atoms with E-state index in [1.165, 1.54) is 4.68 Å². The summed E-state index contributed by atoms with van der Waals surface area (Å²) >= 11 is 12.3. The van der Waals surface area contributed by atoms with Crippen LogP contribution < -0.4 is 0 Å². The first-order valence-corrected chi connectivity index (χ1v) is 9.64. The molecule has 1 aliphatic carbocycles. The van der Waals surface area contributed by atoms with Crippen molar-refractivity contribution in [1.82, 2.24) is 19.7 Å². The predicted octanol–water partition coefficient (Wildman–Crippen LogP) is 4.69. The van der Waals surface area contributed by atoms with Crippen molar-refractivity contribution >= 4 is 35.6 Å². The lowest BCUT2D eigenvalue weighted by molar-refractivity contribution is 0.212. The fourth-order valence-corrected chi connectivity index (χ4v) is 4.07. The van der Waals surface area contributed by atoms with Crippen LogP contribution in [0.15, 0.2) is 42.6 Å². The number of aromatic hydroxyl groups is 1. The van der Waals surface area contributed by atoms with Crippen molar-refractivity contribution in [2.75, 3.05) is 7.05 Å². The van der Waals surface area contributed by atoms with Gasteiger partial charge >= 0.3 is 0 Å². The standard InChI is InChI=1S/C20H20Cl2N4O.ClH/c1-25(12-13-5-6-14(21)10-17(13)22)15-7-8-18-16(11-15)20(27)26(24-18)19-4-2-3-9-23-19;/h2-6,9-10,15,27H,7-8,11-12H2,1H3;1H. The highest BCUT2D eigenvalue weighted by molar-refractivity contribution is 6.35. The van der Waals surface area contributed by atoms with E-state index >= 15 is 0 Å². The molecule has 0 saturated heterocycles. The van der Waals surface area contributed by atoms with Gasteiger partial charge in [-0.1, -0.05) is 35.3 Å². The van der Waals surface area contributed by atoms with E-state index in [1.54, 1.807) is 12.3 Å². The van der Waals surface area contributed by atoms with Gasteiger partial charge in [-0.2, -0.15) is 9.78 Å². The van der Waals surface area contributed by atoms with Gasteiger partial charge in [-0.25, -0.2) is 4.98 Å². The molecule has 0 fully saturated rings. The Labute approximate surface area is 180 Å². The zero-order chi connectivity index (χ0) is 19.0. The normalized spacial score (nSPS) is 15.9. The lowest BCUT2D eigenvalue weighted by Gasteiger charge is -2.31. The van der Waals surface area contributed by atoms with Gasteiger partial charge in [-0.3, -0.25) is 4.90 Å². The Morgan fingerprint density at radius 2 is 2.07 bits per heavy atom. The molecule has 5 nitrogen and oxygen atoms in total. The molecule has 4 rings (SSSR count). The van der Waals surface area contributed by atoms with Gasteiger partial charge < -0.3 is 5.11 Å². The summed E-state index contributed by atoms with van der Waals surface area (Å²) in [5.74, 6) is 0.813. The molecule has 0 amide bonds. The Hall–Kier alpha value is -1.79. The summed E-state index contributed by atoms with van der Waals surface area (Å²) < 4.78 is 1.53. The second kappa shape index (κ2) is 8.70. The SMILES string of the molecule is CN(Cc1ccc(Cl)cc1Cl)C1CCc2nn(-c3ccccn3)c(O)c2C1.Cl. The van der Waals surface area contributed by atoms with E-state index in [9.17, 15) is 5.11 Å². The van der Waals surface area contributed by atoms with Crippen molar-refractivity contribution in [3.8, 4) is 11.7 Å². The molecule has 0 radical (unpaired) electrons. The second-order valence-corrected chi connectivity index (χ2v) is 7.74. The molecule has 0 bridgehead atoms. The van der Waals surface area contributed by atoms with Crippen LogP contribution in [0.3, 0.4) is 0 Å². The monoisotopic (exact) mass is 438 g/mol. The number of aromatic nitrogens is 3. The van der Waals surface area contributed by atoms with Crippen LogP contribution in [0.1, 0.15) is 23.2 Å². The number of hydrogen-bond donors (Lipinski definition) is 1. The van der Waals surface area contributed by atoms with Crippen LogP contribution >= 0.6 is 35.6 Å². The molecule has 1 N–H and O–H groups in total. The van der Waals surface area contributed by atoms with Gasteiger partial charge in [-0.05, 0) is 56.1 Å². The highest BCUT2D eigenvalue weighted by atomic mass is 35.5. The number of aryl methyl sites for hydroxylation is 1. The van der Waals surface area contributed by atoms with Crippen molar-refractivity contribution in [3.63, 3.8) is 0 Å². The first kappa shape index (κ1) is 20.9. The van der Waals surface area contributed by atoms with Gasteiger partial charge in [0.15, 0.2) is 5.82 Å². The number of benzene rings is 1. The number of fused-ring (bicyclic) bond motifs is 1. The van der Waals surface area contributed by atoms with Crippen molar-refractivity contribution < 1.29 is 5.11 Å². The summed E-state index contributed by atoms with van der Waals surface area (Å²) in [6.07, 6.45) is 4.25. The molecular weight excluding hydrogens is 419 g/mol. The Morgan fingerprint density at radius 3 is 2.79 bits per heavy atom. The van der Waals surface area contributed by atoms with Crippen LogP contribution in [0.5, 0.6) is 5.88 Å². The molecule has 3 aromatic rings. The molecule has 0 aliphatic heterocycles. The largest absolute Gasteiger partial charge is 0.493 e. The molecule has 1 aromatic carbocycles. The minimum atomic E-state index is 0. The average molecular weight is 440 g/mol. The lowest BCUT2D eigenvalue weighted by Crippen LogP contribution is -2.35. The van der Waals surface area contributed by atoms with Crippen LogP contribution in [-0.2, 0) is 19.4 Å². The smallest absolute Gasteiger partial charge is 0.219 e. The van der Waals surface area contributed by atoms with Gasteiger partial charge in [0.25, 0.3) is 0 Å². The first-order chi connectivity index (χ1) is 13.0. The third-order valence-electron chi connectivity index (χ3n) is 5.12. The van der Waals surface area contributed by atoms with E-state index in [2.05, 4.69) is 22.0 Å². The first-order valence-electron chi connectivity index (χ1n) is 8.88. The Balaban J connectivity index is 0.00000225. The minimum Gasteiger partial charge on any atom is -0.493 e. The van der Waals surface area contributed by atoms with Crippen molar-refractivity contribution in [1.29, 1.82) is 0 Å². The molecule has 148 valence electrons. The molecule has 0 spiro atoms. The van der Waals surface area contributed by atoms with Gasteiger partial charge in [0.1, 0.15) is 0 Å². The fourth-order valence-electron chi connectivity index (χ4n) is 3.60. The maximum absolute atomic E-state index is 10.7. The van der Waals surface area contributed by atoms with E-state index in [-0.39, 0.29) is 18.3 Å². The zero-order valence-corrected chi connectivity index (χ0v) is 17.7. The highest BCUT2D eigenvalue weighted by Crippen LogP contribution is 2.32. The Bertz CT molecular complexity index is 962. The van der Waals surface area contributed by atoms with E-state index in [1.807, 2.05) is 30.3 Å². The summed E-state index contributed by atoms with van der Waals surface area (Å²) in [6.45, 7) is 0.727. The van der Waals surface area contributed by atoms with E-state index in [0.29, 0.717) is 21.9 Å². The van der Waals surface area contributed by atoms with E-state index in [4.69, 9.17) is 23.2 Å². The molecule has 1 atom stereocenters. The zero-order valence-electron chi connectivity index (χ0n) is 15.3. The summed E-state index contributed by atoms with van der Waals surface area (Å²) in [5.41, 5.74) is 2.90. The molecule has 8 heteroatoms. The van der Waals surface area contributed by atoms with Gasteiger partial charge in [-0.15, -0.1) is 12.4 Å². The van der Waals surface area contributed by atoms with Crippen LogP contribution in [0.2, 0.25) is 10.0 Å². The average Bonchev–Trinajstić information content (AvgIpc) is 3.01. The molecule has 1 aliphatic rings. The van der Waals surface area contributed by atoms with Crippen LogP contribution in [0.25, 0.3) is 5.82 Å². The molecule has 1 unspecified atom stereocenters. The van der Waals surface area contributed by atoms with Gasteiger partial charge in [0.2, 0.25) is 5.88 Å². The summed E-state index contributed by atoms with van der Waals surface area (Å²) in [7, 11) is 2.08. The molecular formula is C20H21Cl3N4O.